The molecule has 0 aliphatic heterocycles. The van der Waals surface area contributed by atoms with Crippen LogP contribution in [0.5, 0.6) is 0 Å². The Morgan fingerprint density at radius 1 is 0.698 bits per heavy atom. The van der Waals surface area contributed by atoms with Gasteiger partial charge in [0.15, 0.2) is 0 Å². The molecule has 0 aromatic carbocycles. The molecule has 248 valence electrons. The number of esters is 1. The van der Waals surface area contributed by atoms with E-state index >= 15 is 0 Å². The maximum absolute atomic E-state index is 12.5. The summed E-state index contributed by atoms with van der Waals surface area (Å²) in [6.45, 7) is 4.79. The summed E-state index contributed by atoms with van der Waals surface area (Å²) in [5.74, 6) is -1.37. The van der Waals surface area contributed by atoms with Gasteiger partial charge in [-0.25, -0.2) is 4.79 Å². The van der Waals surface area contributed by atoms with Crippen LogP contribution in [0.3, 0.4) is 0 Å². The maximum atomic E-state index is 12.5. The van der Waals surface area contributed by atoms with Gasteiger partial charge in [-0.15, -0.1) is 0 Å². The summed E-state index contributed by atoms with van der Waals surface area (Å²) < 4.78 is 5.83. The first-order chi connectivity index (χ1) is 20.9. The van der Waals surface area contributed by atoms with E-state index in [-0.39, 0.29) is 18.0 Å². The van der Waals surface area contributed by atoms with Crippen molar-refractivity contribution >= 4 is 17.8 Å². The van der Waals surface area contributed by atoms with Gasteiger partial charge in [0.05, 0.1) is 0 Å². The van der Waals surface area contributed by atoms with Crippen LogP contribution in [0.15, 0.2) is 36.5 Å². The summed E-state index contributed by atoms with van der Waals surface area (Å²) in [7, 11) is 0. The largest absolute Gasteiger partial charge is 0.480 e. The van der Waals surface area contributed by atoms with Gasteiger partial charge in [-0.1, -0.05) is 95.6 Å². The lowest BCUT2D eigenvalue weighted by Crippen LogP contribution is -2.40. The average molecular weight is 605 g/mol. The first kappa shape index (κ1) is 40.6. The Morgan fingerprint density at radius 2 is 1.33 bits per heavy atom. The second-order valence-corrected chi connectivity index (χ2v) is 11.6. The van der Waals surface area contributed by atoms with Crippen LogP contribution < -0.4 is 11.1 Å². The fourth-order valence-corrected chi connectivity index (χ4v) is 4.75. The van der Waals surface area contributed by atoms with E-state index in [9.17, 15) is 19.5 Å². The van der Waals surface area contributed by atoms with Gasteiger partial charge in [-0.2, -0.15) is 0 Å². The van der Waals surface area contributed by atoms with Gasteiger partial charge in [0.2, 0.25) is 5.91 Å². The summed E-state index contributed by atoms with van der Waals surface area (Å²) >= 11 is 0. The van der Waals surface area contributed by atoms with E-state index in [2.05, 4.69) is 49.5 Å². The quantitative estimate of drug-likeness (QED) is 0.0429. The number of nitrogens with one attached hydrogen (secondary N) is 1. The standard InChI is InChI=1S/C36H64N2O5/c1-3-5-7-9-11-12-13-14-15-16-18-24-30-35(40)43-32(26-21-17-10-8-6-4-2)27-22-19-20-23-29-34(39)38-33(36(41)42)28-25-31-37/h8,10-12,21,26,32-33H,3-7,9,13-20,22-25,27-31,37H2,1-2H3,(H,38,39)(H,41,42)/b10-8-,12-11-,26-21-. The fraction of sp³-hybridized carbons (Fsp3) is 0.750. The molecule has 2 unspecified atom stereocenters. The summed E-state index contributed by atoms with van der Waals surface area (Å²) in [6.07, 6.45) is 33.5. The third-order valence-corrected chi connectivity index (χ3v) is 7.39. The molecule has 0 spiro atoms. The number of hydrogen-bond acceptors (Lipinski definition) is 5. The molecular weight excluding hydrogens is 540 g/mol. The highest BCUT2D eigenvalue weighted by molar-refractivity contribution is 5.83. The van der Waals surface area contributed by atoms with Gasteiger partial charge in [0.25, 0.3) is 0 Å². The van der Waals surface area contributed by atoms with Crippen LogP contribution in [0.1, 0.15) is 155 Å². The monoisotopic (exact) mass is 604 g/mol. The zero-order valence-corrected chi connectivity index (χ0v) is 27.5. The van der Waals surface area contributed by atoms with E-state index in [1.54, 1.807) is 0 Å². The number of amides is 1. The third kappa shape index (κ3) is 28.1. The molecule has 0 saturated heterocycles. The van der Waals surface area contributed by atoms with Crippen molar-refractivity contribution in [3.8, 4) is 0 Å². The number of carboxylic acid groups (broad SMARTS) is 1. The van der Waals surface area contributed by atoms with Crippen LogP contribution in [-0.4, -0.2) is 41.6 Å². The van der Waals surface area contributed by atoms with E-state index in [4.69, 9.17) is 10.5 Å². The molecule has 2 atom stereocenters. The minimum atomic E-state index is -1.02. The Balaban J connectivity index is 4.32. The molecule has 43 heavy (non-hydrogen) atoms. The molecule has 0 aromatic heterocycles. The molecule has 0 aliphatic rings. The number of allylic oxidation sites excluding steroid dienone is 5. The van der Waals surface area contributed by atoms with Crippen LogP contribution in [-0.2, 0) is 19.1 Å². The van der Waals surface area contributed by atoms with Crippen LogP contribution in [0.25, 0.3) is 0 Å². The normalized spacial score (nSPS) is 13.2. The molecular formula is C36H64N2O5. The molecule has 0 fully saturated rings. The highest BCUT2D eigenvalue weighted by Gasteiger charge is 2.18. The van der Waals surface area contributed by atoms with Gasteiger partial charge >= 0.3 is 11.9 Å². The van der Waals surface area contributed by atoms with Gasteiger partial charge in [0, 0.05) is 12.8 Å². The number of unbranched alkanes of at least 4 members (excludes halogenated alkanes) is 12. The van der Waals surface area contributed by atoms with Crippen molar-refractivity contribution in [1.82, 2.24) is 5.32 Å². The SMILES string of the molecule is CCC/C=C\C/C=C\C(CCCCCCC(=O)NC(CCCN)C(=O)O)OC(=O)CCCCCCC/C=C\CCCCC. The van der Waals surface area contributed by atoms with Gasteiger partial charge in [-0.05, 0) is 89.7 Å². The number of rotatable bonds is 30. The molecule has 0 bridgehead atoms. The molecule has 0 saturated carbocycles. The van der Waals surface area contributed by atoms with Crippen LogP contribution in [0.4, 0.5) is 0 Å². The highest BCUT2D eigenvalue weighted by Crippen LogP contribution is 2.14. The zero-order chi connectivity index (χ0) is 31.8. The van der Waals surface area contributed by atoms with Gasteiger partial charge in [-0.3, -0.25) is 9.59 Å². The summed E-state index contributed by atoms with van der Waals surface area (Å²) in [4.78, 5) is 36.0. The number of carboxylic acids is 1. The van der Waals surface area contributed by atoms with Crippen LogP contribution >= 0.6 is 0 Å². The highest BCUT2D eigenvalue weighted by atomic mass is 16.5. The summed E-state index contributed by atoms with van der Waals surface area (Å²) in [6, 6.07) is -0.873. The second kappa shape index (κ2) is 31.0. The smallest absolute Gasteiger partial charge is 0.326 e. The van der Waals surface area contributed by atoms with Crippen molar-refractivity contribution in [1.29, 1.82) is 0 Å². The topological polar surface area (TPSA) is 119 Å². The van der Waals surface area contributed by atoms with Crippen LogP contribution in [0, 0.1) is 0 Å². The third-order valence-electron chi connectivity index (χ3n) is 7.39. The number of hydrogen-bond donors (Lipinski definition) is 3. The Morgan fingerprint density at radius 3 is 2.00 bits per heavy atom. The van der Waals surface area contributed by atoms with Crippen LogP contribution in [0.2, 0.25) is 0 Å². The Hall–Kier alpha value is -2.41. The van der Waals surface area contributed by atoms with E-state index in [1.165, 1.54) is 38.5 Å². The number of nitrogens with two attached hydrogens (primary N) is 1. The second-order valence-electron chi connectivity index (χ2n) is 11.6. The summed E-state index contributed by atoms with van der Waals surface area (Å²) in [5, 5.41) is 11.8. The van der Waals surface area contributed by atoms with Crippen molar-refractivity contribution in [2.24, 2.45) is 5.73 Å². The Bertz CT molecular complexity index is 778. The first-order valence-corrected chi connectivity index (χ1v) is 17.3. The Kier molecular flexibility index (Phi) is 29.3. The summed E-state index contributed by atoms with van der Waals surface area (Å²) in [5.41, 5.74) is 5.45. The molecule has 7 nitrogen and oxygen atoms in total. The van der Waals surface area contributed by atoms with E-state index in [1.807, 2.05) is 6.08 Å². The number of ether oxygens (including phenoxy) is 1. The molecule has 0 rings (SSSR count). The van der Waals surface area contributed by atoms with Gasteiger partial charge < -0.3 is 20.9 Å². The maximum Gasteiger partial charge on any atom is 0.326 e. The number of aliphatic carboxylic acids is 1. The molecule has 4 N–H and O–H groups in total. The molecule has 0 aromatic rings. The lowest BCUT2D eigenvalue weighted by molar-refractivity contribution is -0.147. The van der Waals surface area contributed by atoms with E-state index in [0.717, 1.165) is 70.6 Å². The minimum absolute atomic E-state index is 0.120. The molecule has 0 heterocycles. The van der Waals surface area contributed by atoms with E-state index in [0.29, 0.717) is 38.6 Å². The minimum Gasteiger partial charge on any atom is -0.480 e. The van der Waals surface area contributed by atoms with Gasteiger partial charge in [0.1, 0.15) is 12.1 Å². The molecule has 0 aliphatic carbocycles. The van der Waals surface area contributed by atoms with Crippen molar-refractivity contribution < 1.29 is 24.2 Å². The molecule has 0 radical (unpaired) electrons. The predicted octanol–water partition coefficient (Wildman–Crippen LogP) is 8.72. The lowest BCUT2D eigenvalue weighted by Gasteiger charge is -2.15. The lowest BCUT2D eigenvalue weighted by atomic mass is 10.1. The number of carbonyl (C=O) groups excluding carboxylic acids is 2. The van der Waals surface area contributed by atoms with E-state index < -0.39 is 12.0 Å². The van der Waals surface area contributed by atoms with Crippen molar-refractivity contribution in [2.45, 2.75) is 167 Å². The van der Waals surface area contributed by atoms with Crippen molar-refractivity contribution in [2.75, 3.05) is 6.54 Å². The Labute approximate surface area is 263 Å². The molecule has 7 heteroatoms. The number of carbonyl (C=O) groups is 3. The average Bonchev–Trinajstić information content (AvgIpc) is 2.98. The van der Waals surface area contributed by atoms with Crippen molar-refractivity contribution in [3.05, 3.63) is 36.5 Å². The zero-order valence-electron chi connectivity index (χ0n) is 27.5. The fourth-order valence-electron chi connectivity index (χ4n) is 4.75. The predicted molar refractivity (Wildman–Crippen MR) is 179 cm³/mol. The van der Waals surface area contributed by atoms with Crippen molar-refractivity contribution in [3.63, 3.8) is 0 Å². The molecule has 1 amide bonds. The first-order valence-electron chi connectivity index (χ1n) is 17.3.